The van der Waals surface area contributed by atoms with Crippen molar-refractivity contribution in [2.45, 2.75) is 57.3 Å². The third kappa shape index (κ3) is 4.39. The van der Waals surface area contributed by atoms with Crippen LogP contribution in [0.3, 0.4) is 0 Å². The number of amides is 1. The van der Waals surface area contributed by atoms with Gasteiger partial charge in [-0.25, -0.2) is 9.78 Å². The van der Waals surface area contributed by atoms with Gasteiger partial charge >= 0.3 is 6.09 Å². The third-order valence-corrected chi connectivity index (χ3v) is 4.83. The molecule has 2 aliphatic rings. The summed E-state index contributed by atoms with van der Waals surface area (Å²) in [5, 5.41) is 16.4. The van der Waals surface area contributed by atoms with Gasteiger partial charge in [0, 0.05) is 18.9 Å². The zero-order valence-electron chi connectivity index (χ0n) is 16.6. The van der Waals surface area contributed by atoms with E-state index in [1.165, 1.54) is 18.4 Å². The van der Waals surface area contributed by atoms with E-state index < -0.39 is 17.3 Å². The highest BCUT2D eigenvalue weighted by atomic mass is 16.6. The maximum atomic E-state index is 11.9. The highest BCUT2D eigenvalue weighted by Gasteiger charge is 2.36. The number of aliphatic hydroxyl groups is 1. The molecule has 2 aromatic heterocycles. The van der Waals surface area contributed by atoms with Gasteiger partial charge in [0.05, 0.1) is 31.1 Å². The van der Waals surface area contributed by atoms with Gasteiger partial charge in [-0.15, -0.1) is 0 Å². The molecule has 3 N–H and O–H groups in total. The van der Waals surface area contributed by atoms with Crippen LogP contribution in [0.2, 0.25) is 0 Å². The molecule has 1 saturated heterocycles. The van der Waals surface area contributed by atoms with E-state index in [4.69, 9.17) is 9.47 Å². The molecule has 8 heteroatoms. The quantitative estimate of drug-likeness (QED) is 0.703. The summed E-state index contributed by atoms with van der Waals surface area (Å²) in [5.41, 5.74) is 2.30. The lowest BCUT2D eigenvalue weighted by Gasteiger charge is -2.36. The van der Waals surface area contributed by atoms with Gasteiger partial charge in [0.2, 0.25) is 0 Å². The lowest BCUT2D eigenvalue weighted by Crippen LogP contribution is -2.54. The number of anilines is 1. The fourth-order valence-electron chi connectivity index (χ4n) is 3.20. The van der Waals surface area contributed by atoms with Crippen LogP contribution in [0.15, 0.2) is 18.5 Å². The lowest BCUT2D eigenvalue weighted by molar-refractivity contribution is -0.168. The highest BCUT2D eigenvalue weighted by Crippen LogP contribution is 2.41. The predicted octanol–water partition coefficient (Wildman–Crippen LogP) is 2.41. The minimum atomic E-state index is -0.819. The Balaban J connectivity index is 1.51. The van der Waals surface area contributed by atoms with E-state index in [1.807, 2.05) is 31.4 Å². The lowest BCUT2D eigenvalue weighted by atomic mass is 10.0. The Bertz CT molecular complexity index is 878. The van der Waals surface area contributed by atoms with Crippen LogP contribution in [-0.4, -0.2) is 51.5 Å². The summed E-state index contributed by atoms with van der Waals surface area (Å²) in [5.74, 6) is 0.589. The van der Waals surface area contributed by atoms with E-state index in [1.54, 1.807) is 0 Å². The van der Waals surface area contributed by atoms with Crippen LogP contribution in [0.4, 0.5) is 10.5 Å². The Hall–Kier alpha value is -2.32. The molecule has 2 fully saturated rings. The molecule has 1 saturated carbocycles. The van der Waals surface area contributed by atoms with Crippen molar-refractivity contribution < 1.29 is 19.4 Å². The first-order chi connectivity index (χ1) is 13.2. The van der Waals surface area contributed by atoms with Gasteiger partial charge in [-0.1, -0.05) is 0 Å². The molecule has 0 bridgehead atoms. The number of aromatic nitrogens is 2. The molecule has 28 heavy (non-hydrogen) atoms. The topological polar surface area (TPSA) is 97.1 Å². The van der Waals surface area contributed by atoms with Crippen molar-refractivity contribution in [3.05, 3.63) is 29.7 Å². The number of imidazole rings is 1. The van der Waals surface area contributed by atoms with Crippen molar-refractivity contribution in [2.75, 3.05) is 25.1 Å². The Morgan fingerprint density at radius 3 is 2.75 bits per heavy atom. The van der Waals surface area contributed by atoms with E-state index in [9.17, 15) is 9.90 Å². The van der Waals surface area contributed by atoms with Crippen LogP contribution in [0.1, 0.15) is 50.8 Å². The van der Waals surface area contributed by atoms with Crippen LogP contribution >= 0.6 is 0 Å². The number of hydrogen-bond donors (Lipinski definition) is 3. The van der Waals surface area contributed by atoms with Gasteiger partial charge in [-0.2, -0.15) is 0 Å². The monoisotopic (exact) mass is 388 g/mol. The van der Waals surface area contributed by atoms with Crippen LogP contribution in [-0.2, 0) is 16.0 Å². The molecular weight excluding hydrogens is 360 g/mol. The summed E-state index contributed by atoms with van der Waals surface area (Å²) < 4.78 is 12.4. The van der Waals surface area contributed by atoms with Crippen LogP contribution in [0.25, 0.3) is 5.65 Å². The first-order valence-electron chi connectivity index (χ1n) is 9.73. The second-order valence-corrected chi connectivity index (χ2v) is 8.85. The van der Waals surface area contributed by atoms with Gasteiger partial charge < -0.3 is 29.6 Å². The number of carbonyl (C=O) groups excluding carboxylic acids is 1. The fraction of sp³-hybridized carbons (Fsp3) is 0.600. The highest BCUT2D eigenvalue weighted by molar-refractivity contribution is 5.70. The summed E-state index contributed by atoms with van der Waals surface area (Å²) in [4.78, 5) is 16.6. The molecule has 152 valence electrons. The molecule has 0 radical (unpaired) electrons. The molecule has 0 unspecified atom stereocenters. The Kier molecular flexibility index (Phi) is 4.71. The molecule has 2 aromatic rings. The molecule has 1 aliphatic carbocycles. The Morgan fingerprint density at radius 1 is 1.39 bits per heavy atom. The van der Waals surface area contributed by atoms with E-state index in [-0.39, 0.29) is 6.54 Å². The summed E-state index contributed by atoms with van der Waals surface area (Å²) in [6.07, 6.45) is 5.96. The average molecular weight is 388 g/mol. The predicted molar refractivity (Wildman–Crippen MR) is 104 cm³/mol. The first-order valence-corrected chi connectivity index (χ1v) is 9.73. The van der Waals surface area contributed by atoms with Crippen LogP contribution < -0.4 is 10.6 Å². The largest absolute Gasteiger partial charge is 0.444 e. The van der Waals surface area contributed by atoms with Gasteiger partial charge in [0.25, 0.3) is 0 Å². The standard InChI is InChI=1S/C20H28N4O4/c1-19(2,3)28-18(25)21-7-15-9-24-8-14(13-4-5-13)6-16(17(24)23-15)22-10-20(26)11-27-12-20/h6,8-9,13,22,26H,4-5,7,10-12H2,1-3H3,(H,21,25). The van der Waals surface area contributed by atoms with Gasteiger partial charge in [-0.05, 0) is 51.2 Å². The second-order valence-electron chi connectivity index (χ2n) is 8.85. The maximum absolute atomic E-state index is 11.9. The fourth-order valence-corrected chi connectivity index (χ4v) is 3.20. The van der Waals surface area contributed by atoms with Crippen molar-refractivity contribution in [2.24, 2.45) is 0 Å². The Labute approximate surface area is 164 Å². The van der Waals surface area contributed by atoms with Gasteiger partial charge in [0.1, 0.15) is 11.2 Å². The number of carbonyl (C=O) groups is 1. The summed E-state index contributed by atoms with van der Waals surface area (Å²) in [6.45, 7) is 6.87. The van der Waals surface area contributed by atoms with Crippen LogP contribution in [0, 0.1) is 0 Å². The molecule has 4 rings (SSSR count). The SMILES string of the molecule is CC(C)(C)OC(=O)NCc1cn2cc(C3CC3)cc(NCC3(O)COC3)c2n1. The number of nitrogens with zero attached hydrogens (tertiary/aromatic N) is 2. The molecular formula is C20H28N4O4. The molecule has 0 aromatic carbocycles. The molecule has 8 nitrogen and oxygen atoms in total. The molecule has 0 atom stereocenters. The summed E-state index contributed by atoms with van der Waals surface area (Å²) >= 11 is 0. The average Bonchev–Trinajstić information content (AvgIpc) is 3.34. The first kappa shape index (κ1) is 19.0. The summed E-state index contributed by atoms with van der Waals surface area (Å²) in [6, 6.07) is 2.12. The van der Waals surface area contributed by atoms with Crippen molar-refractivity contribution in [3.63, 3.8) is 0 Å². The number of rotatable bonds is 6. The number of hydrogen-bond acceptors (Lipinski definition) is 6. The third-order valence-electron chi connectivity index (χ3n) is 4.83. The maximum Gasteiger partial charge on any atom is 0.407 e. The number of alkyl carbamates (subject to hydrolysis) is 1. The number of nitrogens with one attached hydrogen (secondary N) is 2. The zero-order chi connectivity index (χ0) is 19.9. The smallest absolute Gasteiger partial charge is 0.407 e. The van der Waals surface area contributed by atoms with Crippen molar-refractivity contribution >= 4 is 17.4 Å². The second kappa shape index (κ2) is 6.93. The van der Waals surface area contributed by atoms with Crippen LogP contribution in [0.5, 0.6) is 0 Å². The molecule has 3 heterocycles. The minimum Gasteiger partial charge on any atom is -0.444 e. The molecule has 1 aliphatic heterocycles. The van der Waals surface area contributed by atoms with Crippen molar-refractivity contribution in [3.8, 4) is 0 Å². The normalized spacial score (nSPS) is 18.6. The number of pyridine rings is 1. The van der Waals surface area contributed by atoms with E-state index in [0.717, 1.165) is 17.0 Å². The van der Waals surface area contributed by atoms with Crippen molar-refractivity contribution in [1.82, 2.24) is 14.7 Å². The summed E-state index contributed by atoms with van der Waals surface area (Å²) in [7, 11) is 0. The van der Waals surface area contributed by atoms with E-state index >= 15 is 0 Å². The minimum absolute atomic E-state index is 0.284. The zero-order valence-corrected chi connectivity index (χ0v) is 16.6. The van der Waals surface area contributed by atoms with Crippen molar-refractivity contribution in [1.29, 1.82) is 0 Å². The molecule has 0 spiro atoms. The van der Waals surface area contributed by atoms with Gasteiger partial charge in [0.15, 0.2) is 5.65 Å². The number of fused-ring (bicyclic) bond motifs is 1. The van der Waals surface area contributed by atoms with E-state index in [2.05, 4.69) is 27.9 Å². The number of ether oxygens (including phenoxy) is 2. The van der Waals surface area contributed by atoms with E-state index in [0.29, 0.717) is 25.7 Å². The van der Waals surface area contributed by atoms with Gasteiger partial charge in [-0.3, -0.25) is 0 Å². The molecule has 1 amide bonds. The Morgan fingerprint density at radius 2 is 2.14 bits per heavy atom.